The van der Waals surface area contributed by atoms with Gasteiger partial charge in [-0.2, -0.15) is 4.98 Å². The van der Waals surface area contributed by atoms with Crippen LogP contribution in [0.5, 0.6) is 0 Å². The average molecular weight is 629 g/mol. The lowest BCUT2D eigenvalue weighted by Crippen LogP contribution is -2.49. The van der Waals surface area contributed by atoms with E-state index in [9.17, 15) is 19.2 Å². The van der Waals surface area contributed by atoms with E-state index in [1.54, 1.807) is 9.80 Å². The van der Waals surface area contributed by atoms with Gasteiger partial charge in [0.1, 0.15) is 17.3 Å². The van der Waals surface area contributed by atoms with E-state index < -0.39 is 34.8 Å². The Hall–Kier alpha value is -5.53. The molecule has 3 amide bonds. The van der Waals surface area contributed by atoms with Gasteiger partial charge in [0, 0.05) is 45.2 Å². The van der Waals surface area contributed by atoms with Gasteiger partial charge in [-0.1, -0.05) is 26.5 Å². The monoisotopic (exact) mass is 628 g/mol. The van der Waals surface area contributed by atoms with E-state index in [4.69, 9.17) is 0 Å². The molecule has 0 spiro atoms. The Morgan fingerprint density at radius 2 is 1.65 bits per heavy atom. The Labute approximate surface area is 261 Å². The molecule has 12 nitrogen and oxygen atoms in total. The number of anilines is 3. The number of nitrogens with zero attached hydrogens (tertiary/aromatic N) is 6. The summed E-state index contributed by atoms with van der Waals surface area (Å²) in [6.07, 6.45) is 2.23. The lowest BCUT2D eigenvalue weighted by molar-refractivity contribution is -0.126. The summed E-state index contributed by atoms with van der Waals surface area (Å²) < 4.78 is 32.8. The summed E-state index contributed by atoms with van der Waals surface area (Å²) in [6.45, 7) is 8.40. The van der Waals surface area contributed by atoms with Crippen LogP contribution >= 0.6 is 0 Å². The highest BCUT2D eigenvalue weighted by atomic mass is 19.1. The molecule has 6 rings (SSSR count). The Morgan fingerprint density at radius 3 is 2.33 bits per heavy atom. The third-order valence-corrected chi connectivity index (χ3v) is 7.97. The van der Waals surface area contributed by atoms with Gasteiger partial charge in [0.25, 0.3) is 0 Å². The van der Waals surface area contributed by atoms with Gasteiger partial charge in [-0.15, -0.1) is 0 Å². The molecule has 4 aromatic rings. The number of hydrogen-bond acceptors (Lipinski definition) is 8. The molecule has 236 valence electrons. The number of aromatic nitrogens is 4. The number of fused-ring (bicyclic) bond motifs is 5. The molecular weight excluding hydrogens is 598 g/mol. The summed E-state index contributed by atoms with van der Waals surface area (Å²) in [5.41, 5.74) is -0.889. The molecule has 2 bridgehead atoms. The van der Waals surface area contributed by atoms with E-state index in [1.807, 2.05) is 13.8 Å². The smallest absolute Gasteiger partial charge is 0.352 e. The van der Waals surface area contributed by atoms with Crippen LogP contribution in [-0.2, 0) is 14.4 Å². The third-order valence-electron chi connectivity index (χ3n) is 7.97. The van der Waals surface area contributed by atoms with Crippen molar-refractivity contribution >= 4 is 45.9 Å². The van der Waals surface area contributed by atoms with Gasteiger partial charge in [-0.3, -0.25) is 19.4 Å². The number of carbonyl (C=O) groups excluding carboxylic acids is 3. The molecule has 1 aromatic carbocycles. The van der Waals surface area contributed by atoms with Crippen molar-refractivity contribution in [1.29, 1.82) is 0 Å². The van der Waals surface area contributed by atoms with Crippen molar-refractivity contribution in [3.8, 4) is 16.9 Å². The fourth-order valence-electron chi connectivity index (χ4n) is 5.74. The highest BCUT2D eigenvalue weighted by Crippen LogP contribution is 2.37. The maximum Gasteiger partial charge on any atom is 0.355 e. The molecule has 3 aromatic heterocycles. The predicted molar refractivity (Wildman–Crippen MR) is 168 cm³/mol. The Kier molecular flexibility index (Phi) is 8.02. The molecule has 1 fully saturated rings. The zero-order valence-electron chi connectivity index (χ0n) is 25.1. The first-order valence-electron chi connectivity index (χ1n) is 14.7. The summed E-state index contributed by atoms with van der Waals surface area (Å²) in [7, 11) is 0. The maximum absolute atomic E-state index is 16.2. The maximum atomic E-state index is 16.2. The highest BCUT2D eigenvalue weighted by molar-refractivity contribution is 6.01. The molecular formula is C32H30F2N8O4. The van der Waals surface area contributed by atoms with Crippen molar-refractivity contribution in [1.82, 2.24) is 24.4 Å². The molecule has 0 unspecified atom stereocenters. The van der Waals surface area contributed by atoms with Crippen LogP contribution < -0.4 is 21.2 Å². The minimum atomic E-state index is -0.919. The van der Waals surface area contributed by atoms with Crippen LogP contribution in [0.1, 0.15) is 38.3 Å². The van der Waals surface area contributed by atoms with Gasteiger partial charge < -0.3 is 20.4 Å². The van der Waals surface area contributed by atoms with Crippen LogP contribution in [0.2, 0.25) is 0 Å². The van der Waals surface area contributed by atoms with Gasteiger partial charge in [-0.25, -0.2) is 23.1 Å². The van der Waals surface area contributed by atoms with Crippen LogP contribution in [0.15, 0.2) is 54.0 Å². The van der Waals surface area contributed by atoms with E-state index in [-0.39, 0.29) is 77.2 Å². The molecule has 0 saturated carbocycles. The highest BCUT2D eigenvalue weighted by Gasteiger charge is 2.29. The van der Waals surface area contributed by atoms with Crippen LogP contribution in [0, 0.1) is 11.6 Å². The van der Waals surface area contributed by atoms with Crippen LogP contribution in [0.25, 0.3) is 28.0 Å². The molecule has 0 aliphatic carbocycles. The molecule has 2 N–H and O–H groups in total. The normalized spacial score (nSPS) is 15.2. The van der Waals surface area contributed by atoms with Crippen molar-refractivity contribution in [2.24, 2.45) is 0 Å². The lowest BCUT2D eigenvalue weighted by atomic mass is 10.0. The molecule has 2 aliphatic heterocycles. The zero-order chi connectivity index (χ0) is 32.7. The van der Waals surface area contributed by atoms with Crippen LogP contribution in [0.4, 0.5) is 26.0 Å². The van der Waals surface area contributed by atoms with E-state index in [1.165, 1.54) is 30.5 Å². The Bertz CT molecular complexity index is 1990. The van der Waals surface area contributed by atoms with E-state index in [0.717, 1.165) is 16.7 Å². The quantitative estimate of drug-likeness (QED) is 0.327. The molecule has 5 heterocycles. The Morgan fingerprint density at radius 1 is 0.957 bits per heavy atom. The number of benzene rings is 1. The van der Waals surface area contributed by atoms with Crippen molar-refractivity contribution in [3.63, 3.8) is 0 Å². The van der Waals surface area contributed by atoms with Crippen LogP contribution in [-0.4, -0.2) is 68.3 Å². The number of halogens is 2. The lowest BCUT2D eigenvalue weighted by Gasteiger charge is -2.35. The number of rotatable bonds is 3. The fraction of sp³-hybridized carbons (Fsp3) is 0.281. The number of pyridine rings is 2. The summed E-state index contributed by atoms with van der Waals surface area (Å²) in [5, 5.41) is 5.49. The Balaban J connectivity index is 1.69. The second-order valence-electron chi connectivity index (χ2n) is 11.3. The molecule has 1 saturated heterocycles. The number of amides is 3. The van der Waals surface area contributed by atoms with Gasteiger partial charge in [0.2, 0.25) is 17.7 Å². The van der Waals surface area contributed by atoms with Gasteiger partial charge in [0.15, 0.2) is 11.5 Å². The van der Waals surface area contributed by atoms with Crippen LogP contribution in [0.3, 0.4) is 0 Å². The second kappa shape index (κ2) is 12.1. The second-order valence-corrected chi connectivity index (χ2v) is 11.3. The van der Waals surface area contributed by atoms with Crippen molar-refractivity contribution in [3.05, 3.63) is 77.0 Å². The van der Waals surface area contributed by atoms with Gasteiger partial charge >= 0.3 is 5.69 Å². The topological polar surface area (TPSA) is 142 Å². The number of piperazine rings is 1. The average Bonchev–Trinajstić information content (AvgIpc) is 3.03. The minimum Gasteiger partial charge on any atom is -0.352 e. The van der Waals surface area contributed by atoms with Crippen molar-refractivity contribution < 1.29 is 23.2 Å². The largest absolute Gasteiger partial charge is 0.355 e. The molecule has 0 atom stereocenters. The van der Waals surface area contributed by atoms with E-state index >= 15 is 8.78 Å². The summed E-state index contributed by atoms with van der Waals surface area (Å²) in [6, 6.07) is 6.50. The molecule has 0 radical (unpaired) electrons. The number of hydrogen-bond donors (Lipinski definition) is 2. The zero-order valence-corrected chi connectivity index (χ0v) is 25.1. The van der Waals surface area contributed by atoms with E-state index in [0.29, 0.717) is 18.8 Å². The van der Waals surface area contributed by atoms with Crippen molar-refractivity contribution in [2.45, 2.75) is 32.6 Å². The van der Waals surface area contributed by atoms with E-state index in [2.05, 4.69) is 32.2 Å². The predicted octanol–water partition coefficient (Wildman–Crippen LogP) is 3.75. The summed E-state index contributed by atoms with van der Waals surface area (Å²) in [5.74, 6) is -3.24. The minimum absolute atomic E-state index is 0.0515. The van der Waals surface area contributed by atoms with Crippen molar-refractivity contribution in [2.75, 3.05) is 41.7 Å². The third kappa shape index (κ3) is 5.46. The first-order chi connectivity index (χ1) is 22.1. The molecule has 46 heavy (non-hydrogen) atoms. The number of nitrogens with one attached hydrogen (secondary N) is 2. The SMILES string of the molecule is C=CC(=O)N1CCN(c2nc(=O)n3c4nc(c(F)cc24)-c2c(F)cccc2NC(=O)CCC(=O)Nc2ccnc(C(C)C)c2-3)CC1. The molecule has 2 aliphatic rings. The first kappa shape index (κ1) is 30.5. The number of carbonyl (C=O) groups is 3. The summed E-state index contributed by atoms with van der Waals surface area (Å²) >= 11 is 0. The standard InChI is InChI=1S/C32H30F2N8O4/c1-4-25(45)40-12-14-41(15-13-40)30-18-16-20(34)28-26-19(33)6-5-7-21(26)36-23(43)8-9-24(44)37-22-10-11-35-27(17(2)3)29(22)42(31(18)38-28)32(46)39-30/h4-7,10-11,16-17H,1,8-9,12-15H2,2-3H3,(H,36,43)(H,37,44). The fourth-order valence-corrected chi connectivity index (χ4v) is 5.74. The van der Waals surface area contributed by atoms with Gasteiger partial charge in [0.05, 0.1) is 33.7 Å². The molecule has 14 heteroatoms. The first-order valence-corrected chi connectivity index (χ1v) is 14.7. The van der Waals surface area contributed by atoms with Gasteiger partial charge in [-0.05, 0) is 36.3 Å². The summed E-state index contributed by atoms with van der Waals surface area (Å²) in [4.78, 5) is 69.0.